The average molecular weight is 362 g/mol. The van der Waals surface area contributed by atoms with Crippen LogP contribution < -0.4 is 5.32 Å². The summed E-state index contributed by atoms with van der Waals surface area (Å²) in [7, 11) is 0. The van der Waals surface area contributed by atoms with E-state index >= 15 is 0 Å². The van der Waals surface area contributed by atoms with E-state index in [1.807, 2.05) is 31.2 Å². The topological polar surface area (TPSA) is 42.2 Å². The van der Waals surface area contributed by atoms with Gasteiger partial charge in [0, 0.05) is 21.7 Å². The van der Waals surface area contributed by atoms with E-state index < -0.39 is 0 Å². The van der Waals surface area contributed by atoms with Crippen LogP contribution in [0.25, 0.3) is 10.1 Å². The average Bonchev–Trinajstić information content (AvgIpc) is 3.08. The van der Waals surface area contributed by atoms with Gasteiger partial charge in [-0.15, -0.1) is 11.3 Å². The Morgan fingerprint density at radius 3 is 2.71 bits per heavy atom. The van der Waals surface area contributed by atoms with Crippen molar-refractivity contribution in [2.45, 2.75) is 39.7 Å². The number of halogens is 1. The Kier molecular flexibility index (Phi) is 4.45. The van der Waals surface area contributed by atoms with Crippen LogP contribution in [0.4, 0.5) is 0 Å². The Morgan fingerprint density at radius 1 is 1.29 bits per heavy atom. The second-order valence-electron chi connectivity index (χ2n) is 6.91. The van der Waals surface area contributed by atoms with Crippen molar-refractivity contribution in [3.05, 3.63) is 57.3 Å². The van der Waals surface area contributed by atoms with E-state index in [-0.39, 0.29) is 11.3 Å². The quantitative estimate of drug-likeness (QED) is 0.651. The number of thiophene rings is 1. The number of carbonyl (C=O) groups excluding carboxylic acids is 1. The molecule has 3 nitrogen and oxygen atoms in total. The van der Waals surface area contributed by atoms with Gasteiger partial charge >= 0.3 is 0 Å². The predicted molar refractivity (Wildman–Crippen MR) is 100 cm³/mol. The molecule has 1 N–H and O–H groups in total. The molecule has 0 radical (unpaired) electrons. The maximum Gasteiger partial charge on any atom is 0.255 e. The van der Waals surface area contributed by atoms with Crippen LogP contribution in [-0.4, -0.2) is 5.91 Å². The van der Waals surface area contributed by atoms with Gasteiger partial charge in [0.1, 0.15) is 11.5 Å². The molecule has 0 saturated carbocycles. The molecule has 1 aromatic carbocycles. The van der Waals surface area contributed by atoms with Crippen molar-refractivity contribution in [2.75, 3.05) is 0 Å². The van der Waals surface area contributed by atoms with Gasteiger partial charge in [0.15, 0.2) is 0 Å². The second kappa shape index (κ2) is 6.26. The van der Waals surface area contributed by atoms with E-state index in [4.69, 9.17) is 16.0 Å². The highest BCUT2D eigenvalue weighted by Gasteiger charge is 2.23. The van der Waals surface area contributed by atoms with E-state index in [1.54, 1.807) is 11.3 Å². The third-order valence-electron chi connectivity index (χ3n) is 3.96. The third kappa shape index (κ3) is 3.35. The number of hydrogen-bond donors (Lipinski definition) is 1. The first-order valence-corrected chi connectivity index (χ1v) is 9.06. The summed E-state index contributed by atoms with van der Waals surface area (Å²) < 4.78 is 6.91. The summed E-state index contributed by atoms with van der Waals surface area (Å²) in [5.41, 5.74) is 1.55. The van der Waals surface area contributed by atoms with Gasteiger partial charge in [-0.2, -0.15) is 0 Å². The molecule has 0 atom stereocenters. The van der Waals surface area contributed by atoms with E-state index in [2.05, 4.69) is 31.5 Å². The Hall–Kier alpha value is -1.78. The SMILES string of the molecule is Cc1oc(C(C)(C)C)cc1C(=O)NCc1csc2ccc(Cl)cc12. The number of hydrogen-bond acceptors (Lipinski definition) is 3. The summed E-state index contributed by atoms with van der Waals surface area (Å²) in [5, 5.41) is 6.84. The van der Waals surface area contributed by atoms with Gasteiger partial charge in [-0.25, -0.2) is 0 Å². The third-order valence-corrected chi connectivity index (χ3v) is 5.20. The zero-order valence-electron chi connectivity index (χ0n) is 14.2. The molecule has 0 fully saturated rings. The van der Waals surface area contributed by atoms with Crippen molar-refractivity contribution in [2.24, 2.45) is 0 Å². The fourth-order valence-electron chi connectivity index (χ4n) is 2.54. The van der Waals surface area contributed by atoms with Crippen molar-refractivity contribution in [1.29, 1.82) is 0 Å². The number of furan rings is 1. The number of carbonyl (C=O) groups is 1. The number of amides is 1. The molecule has 0 spiro atoms. The minimum atomic E-state index is -0.121. The summed E-state index contributed by atoms with van der Waals surface area (Å²) in [4.78, 5) is 12.5. The Balaban J connectivity index is 1.78. The lowest BCUT2D eigenvalue weighted by Gasteiger charge is -2.13. The standard InChI is InChI=1S/C19H20ClNO2S/c1-11-14(8-17(23-11)19(2,3)4)18(22)21-9-12-10-24-16-6-5-13(20)7-15(12)16/h5-8,10H,9H2,1-4H3,(H,21,22). The van der Waals surface area contributed by atoms with Gasteiger partial charge < -0.3 is 9.73 Å². The van der Waals surface area contributed by atoms with Gasteiger partial charge in [0.05, 0.1) is 5.56 Å². The normalized spacial score (nSPS) is 11.9. The highest BCUT2D eigenvalue weighted by atomic mass is 35.5. The van der Waals surface area contributed by atoms with Crippen LogP contribution in [0.2, 0.25) is 5.02 Å². The molecule has 2 heterocycles. The molecule has 0 bridgehead atoms. The highest BCUT2D eigenvalue weighted by Crippen LogP contribution is 2.29. The molecular formula is C19H20ClNO2S. The molecule has 0 saturated heterocycles. The molecule has 126 valence electrons. The lowest BCUT2D eigenvalue weighted by molar-refractivity contribution is 0.0949. The number of benzene rings is 1. The number of nitrogens with one attached hydrogen (secondary N) is 1. The highest BCUT2D eigenvalue weighted by molar-refractivity contribution is 7.17. The van der Waals surface area contributed by atoms with Crippen LogP contribution >= 0.6 is 22.9 Å². The molecule has 2 aromatic heterocycles. The molecule has 0 aliphatic rings. The van der Waals surface area contributed by atoms with E-state index in [1.165, 1.54) is 0 Å². The Morgan fingerprint density at radius 2 is 2.04 bits per heavy atom. The Bertz CT molecular complexity index is 902. The fraction of sp³-hybridized carbons (Fsp3) is 0.316. The maximum absolute atomic E-state index is 12.5. The van der Waals surface area contributed by atoms with Crippen molar-refractivity contribution in [3.8, 4) is 0 Å². The van der Waals surface area contributed by atoms with Gasteiger partial charge in [-0.05, 0) is 47.5 Å². The van der Waals surface area contributed by atoms with Crippen molar-refractivity contribution >= 4 is 38.9 Å². The minimum absolute atomic E-state index is 0.117. The van der Waals surface area contributed by atoms with Gasteiger partial charge in [0.2, 0.25) is 0 Å². The molecule has 3 rings (SSSR count). The molecular weight excluding hydrogens is 342 g/mol. The molecule has 3 aromatic rings. The number of rotatable bonds is 3. The predicted octanol–water partition coefficient (Wildman–Crippen LogP) is 5.68. The first kappa shape index (κ1) is 17.1. The minimum Gasteiger partial charge on any atom is -0.465 e. The van der Waals surface area contributed by atoms with Crippen molar-refractivity contribution in [3.63, 3.8) is 0 Å². The lowest BCUT2D eigenvalue weighted by Crippen LogP contribution is -2.22. The lowest BCUT2D eigenvalue weighted by atomic mass is 9.93. The van der Waals surface area contributed by atoms with Crippen LogP contribution in [0.5, 0.6) is 0 Å². The summed E-state index contributed by atoms with van der Waals surface area (Å²) in [6.45, 7) is 8.48. The zero-order chi connectivity index (χ0) is 17.5. The van der Waals surface area contributed by atoms with Crippen LogP contribution in [-0.2, 0) is 12.0 Å². The molecule has 24 heavy (non-hydrogen) atoms. The summed E-state index contributed by atoms with van der Waals surface area (Å²) >= 11 is 7.73. The van der Waals surface area contributed by atoms with E-state index in [0.717, 1.165) is 21.4 Å². The van der Waals surface area contributed by atoms with Gasteiger partial charge in [0.25, 0.3) is 5.91 Å². The summed E-state index contributed by atoms with van der Waals surface area (Å²) in [6, 6.07) is 7.66. The molecule has 0 aliphatic carbocycles. The first-order valence-electron chi connectivity index (χ1n) is 7.80. The first-order chi connectivity index (χ1) is 11.3. The van der Waals surface area contributed by atoms with Crippen LogP contribution in [0.1, 0.15) is 48.2 Å². The maximum atomic E-state index is 12.5. The van der Waals surface area contributed by atoms with Gasteiger partial charge in [-0.1, -0.05) is 32.4 Å². The van der Waals surface area contributed by atoms with Crippen molar-refractivity contribution < 1.29 is 9.21 Å². The molecule has 5 heteroatoms. The zero-order valence-corrected chi connectivity index (χ0v) is 15.8. The molecule has 0 aliphatic heterocycles. The smallest absolute Gasteiger partial charge is 0.255 e. The molecule has 0 unspecified atom stereocenters. The van der Waals surface area contributed by atoms with Crippen LogP contribution in [0.15, 0.2) is 34.1 Å². The molecule has 1 amide bonds. The van der Waals surface area contributed by atoms with Crippen LogP contribution in [0, 0.1) is 6.92 Å². The second-order valence-corrected chi connectivity index (χ2v) is 8.26. The summed E-state index contributed by atoms with van der Waals surface area (Å²) in [5.74, 6) is 1.35. The fourth-order valence-corrected chi connectivity index (χ4v) is 3.65. The van der Waals surface area contributed by atoms with Crippen molar-refractivity contribution in [1.82, 2.24) is 5.32 Å². The van der Waals surface area contributed by atoms with E-state index in [0.29, 0.717) is 22.9 Å². The monoisotopic (exact) mass is 361 g/mol. The summed E-state index contributed by atoms with van der Waals surface area (Å²) in [6.07, 6.45) is 0. The van der Waals surface area contributed by atoms with Gasteiger partial charge in [-0.3, -0.25) is 4.79 Å². The van der Waals surface area contributed by atoms with E-state index in [9.17, 15) is 4.79 Å². The largest absolute Gasteiger partial charge is 0.465 e. The number of fused-ring (bicyclic) bond motifs is 1. The van der Waals surface area contributed by atoms with Crippen LogP contribution in [0.3, 0.4) is 0 Å². The Labute approximate surface area is 150 Å². The number of aryl methyl sites for hydroxylation is 1.